The Morgan fingerprint density at radius 2 is 2.00 bits per heavy atom. The standard InChI is InChI=1S/C6H10F3N3O3S2/c1-11-4(3-16)12(2)10-5(11)15-17(13,14)6(7,8)9/h4,16H,3H2,1-2H3. The summed E-state index contributed by atoms with van der Waals surface area (Å²) in [6.07, 6.45) is -0.461. The lowest BCUT2D eigenvalue weighted by Gasteiger charge is -2.23. The number of nitrogens with zero attached hydrogens (tertiary/aromatic N) is 3. The number of hydrogen-bond acceptors (Lipinski definition) is 7. The third kappa shape index (κ3) is 2.70. The molecule has 0 spiro atoms. The van der Waals surface area contributed by atoms with Gasteiger partial charge in [0.2, 0.25) is 0 Å². The second kappa shape index (κ2) is 4.44. The van der Waals surface area contributed by atoms with E-state index in [4.69, 9.17) is 0 Å². The van der Waals surface area contributed by atoms with Gasteiger partial charge in [0, 0.05) is 19.8 Å². The van der Waals surface area contributed by atoms with Crippen LogP contribution in [0.2, 0.25) is 0 Å². The quantitative estimate of drug-likeness (QED) is 0.449. The van der Waals surface area contributed by atoms with E-state index < -0.39 is 27.8 Å². The van der Waals surface area contributed by atoms with Gasteiger partial charge in [0.05, 0.1) is 0 Å². The second-order valence-electron chi connectivity index (χ2n) is 3.21. The van der Waals surface area contributed by atoms with Gasteiger partial charge in [-0.05, 0) is 0 Å². The van der Waals surface area contributed by atoms with E-state index in [9.17, 15) is 21.6 Å². The molecule has 11 heteroatoms. The minimum atomic E-state index is -5.69. The summed E-state index contributed by atoms with van der Waals surface area (Å²) in [5, 5.41) is 4.80. The van der Waals surface area contributed by atoms with Crippen molar-refractivity contribution < 1.29 is 25.8 Å². The molecule has 0 aromatic rings. The van der Waals surface area contributed by atoms with Crippen LogP contribution in [0.1, 0.15) is 0 Å². The smallest absolute Gasteiger partial charge is 0.337 e. The number of thiol groups is 1. The highest BCUT2D eigenvalue weighted by Gasteiger charge is 2.50. The molecule has 100 valence electrons. The fourth-order valence-corrected chi connectivity index (χ4v) is 2.03. The molecule has 0 radical (unpaired) electrons. The third-order valence-corrected chi connectivity index (χ3v) is 3.32. The van der Waals surface area contributed by atoms with Gasteiger partial charge >= 0.3 is 21.6 Å². The summed E-state index contributed by atoms with van der Waals surface area (Å²) >= 11 is 3.96. The molecule has 1 rings (SSSR count). The van der Waals surface area contributed by atoms with E-state index in [-0.39, 0.29) is 5.75 Å². The normalized spacial score (nSPS) is 21.8. The molecule has 1 unspecified atom stereocenters. The first-order valence-corrected chi connectivity index (χ1v) is 6.30. The molecule has 0 bridgehead atoms. The molecule has 0 saturated heterocycles. The van der Waals surface area contributed by atoms with Gasteiger partial charge in [0.15, 0.2) is 0 Å². The van der Waals surface area contributed by atoms with Gasteiger partial charge in [-0.3, -0.25) is 5.01 Å². The molecule has 6 nitrogen and oxygen atoms in total. The molecular weight excluding hydrogens is 283 g/mol. The van der Waals surface area contributed by atoms with E-state index in [0.29, 0.717) is 0 Å². The van der Waals surface area contributed by atoms with Gasteiger partial charge in [-0.2, -0.15) is 34.2 Å². The Hall–Kier alpha value is -0.840. The van der Waals surface area contributed by atoms with E-state index >= 15 is 0 Å². The number of alkyl halides is 3. The van der Waals surface area contributed by atoms with Crippen molar-refractivity contribution in [1.82, 2.24) is 9.91 Å². The van der Waals surface area contributed by atoms with Gasteiger partial charge in [-0.15, -0.1) is 5.10 Å². The molecule has 1 aliphatic rings. The average molecular weight is 293 g/mol. The van der Waals surface area contributed by atoms with Crippen molar-refractivity contribution in [2.24, 2.45) is 5.10 Å². The Labute approximate surface area is 102 Å². The minimum absolute atomic E-state index is 0.245. The van der Waals surface area contributed by atoms with Crippen molar-refractivity contribution in [3.8, 4) is 0 Å². The number of rotatable bonds is 2. The summed E-state index contributed by atoms with van der Waals surface area (Å²) in [6.45, 7) is 0. The summed E-state index contributed by atoms with van der Waals surface area (Å²) in [6, 6.07) is -0.635. The molecule has 0 aliphatic carbocycles. The zero-order valence-electron chi connectivity index (χ0n) is 8.84. The molecule has 0 fully saturated rings. The molecule has 0 aromatic carbocycles. The highest BCUT2D eigenvalue weighted by Crippen LogP contribution is 2.26. The first-order valence-electron chi connectivity index (χ1n) is 4.26. The molecule has 1 atom stereocenters. The molecule has 0 amide bonds. The zero-order valence-corrected chi connectivity index (χ0v) is 10.6. The predicted molar refractivity (Wildman–Crippen MR) is 56.7 cm³/mol. The van der Waals surface area contributed by atoms with E-state index in [0.717, 1.165) is 4.90 Å². The monoisotopic (exact) mass is 293 g/mol. The average Bonchev–Trinajstić information content (AvgIpc) is 2.39. The molecule has 0 aromatic heterocycles. The molecule has 17 heavy (non-hydrogen) atoms. The highest BCUT2D eigenvalue weighted by atomic mass is 32.2. The number of halogens is 3. The van der Waals surface area contributed by atoms with Crippen LogP contribution in [0.25, 0.3) is 0 Å². The molecule has 1 heterocycles. The van der Waals surface area contributed by atoms with Crippen molar-refractivity contribution >= 4 is 28.8 Å². The zero-order chi connectivity index (χ0) is 13.4. The first-order chi connectivity index (χ1) is 7.60. The Morgan fingerprint density at radius 1 is 1.47 bits per heavy atom. The van der Waals surface area contributed by atoms with Gasteiger partial charge in [-0.25, -0.2) is 0 Å². The van der Waals surface area contributed by atoms with Crippen LogP contribution in [0.15, 0.2) is 5.10 Å². The summed E-state index contributed by atoms with van der Waals surface area (Å²) in [4.78, 5) is 1.15. The Balaban J connectivity index is 2.89. The van der Waals surface area contributed by atoms with Crippen LogP contribution in [-0.2, 0) is 14.3 Å². The maximum Gasteiger partial charge on any atom is 0.534 e. The van der Waals surface area contributed by atoms with Crippen LogP contribution >= 0.6 is 12.6 Å². The maximum atomic E-state index is 12.1. The van der Waals surface area contributed by atoms with Crippen molar-refractivity contribution in [3.05, 3.63) is 0 Å². The molecule has 1 aliphatic heterocycles. The molecular formula is C6H10F3N3O3S2. The minimum Gasteiger partial charge on any atom is -0.337 e. The summed E-state index contributed by atoms with van der Waals surface area (Å²) in [5.41, 5.74) is -5.48. The fraction of sp³-hybridized carbons (Fsp3) is 0.833. The first kappa shape index (κ1) is 14.2. The highest BCUT2D eigenvalue weighted by molar-refractivity contribution is 7.88. The third-order valence-electron chi connectivity index (χ3n) is 2.05. The number of hydrazone groups is 1. The van der Waals surface area contributed by atoms with Gasteiger partial charge < -0.3 is 9.08 Å². The van der Waals surface area contributed by atoms with Crippen LogP contribution in [0.4, 0.5) is 13.2 Å². The predicted octanol–water partition coefficient (Wildman–Crippen LogP) is 0.257. The largest absolute Gasteiger partial charge is 0.534 e. The van der Waals surface area contributed by atoms with Crippen LogP contribution in [0.5, 0.6) is 0 Å². The summed E-state index contributed by atoms with van der Waals surface area (Å²) in [5.74, 6) is 0.245. The SMILES string of the molecule is CN1N=C(OS(=O)(=O)C(F)(F)F)N(C)C1CS. The van der Waals surface area contributed by atoms with Crippen LogP contribution in [0, 0.1) is 0 Å². The van der Waals surface area contributed by atoms with E-state index in [1.807, 2.05) is 0 Å². The van der Waals surface area contributed by atoms with Gasteiger partial charge in [0.25, 0.3) is 0 Å². The summed E-state index contributed by atoms with van der Waals surface area (Å²) < 4.78 is 61.7. The van der Waals surface area contributed by atoms with E-state index in [1.54, 1.807) is 0 Å². The van der Waals surface area contributed by atoms with Crippen molar-refractivity contribution in [2.45, 2.75) is 11.7 Å². The Morgan fingerprint density at radius 3 is 2.35 bits per heavy atom. The van der Waals surface area contributed by atoms with Crippen LogP contribution in [0.3, 0.4) is 0 Å². The lowest BCUT2D eigenvalue weighted by molar-refractivity contribution is -0.0508. The Kier molecular flexibility index (Phi) is 3.72. The van der Waals surface area contributed by atoms with Gasteiger partial charge in [-0.1, -0.05) is 0 Å². The van der Waals surface area contributed by atoms with Gasteiger partial charge in [0.1, 0.15) is 6.17 Å². The molecule has 0 N–H and O–H groups in total. The van der Waals surface area contributed by atoms with Crippen LogP contribution in [-0.4, -0.2) is 55.9 Å². The maximum absolute atomic E-state index is 12.1. The van der Waals surface area contributed by atoms with Crippen molar-refractivity contribution in [1.29, 1.82) is 0 Å². The van der Waals surface area contributed by atoms with E-state index in [1.165, 1.54) is 19.1 Å². The lowest BCUT2D eigenvalue weighted by atomic mass is 10.5. The lowest BCUT2D eigenvalue weighted by Crippen LogP contribution is -2.41. The second-order valence-corrected chi connectivity index (χ2v) is 5.12. The topological polar surface area (TPSA) is 62.2 Å². The Bertz CT molecular complexity index is 422. The summed E-state index contributed by atoms with van der Waals surface area (Å²) in [7, 11) is -2.87. The fourth-order valence-electron chi connectivity index (χ4n) is 1.11. The number of hydrogen-bond donors (Lipinski definition) is 1. The van der Waals surface area contributed by atoms with E-state index in [2.05, 4.69) is 21.9 Å². The van der Waals surface area contributed by atoms with Crippen molar-refractivity contribution in [2.75, 3.05) is 19.8 Å². The van der Waals surface area contributed by atoms with Crippen molar-refractivity contribution in [3.63, 3.8) is 0 Å². The van der Waals surface area contributed by atoms with Crippen LogP contribution < -0.4 is 0 Å². The number of amidine groups is 1. The molecule has 0 saturated carbocycles.